The Bertz CT molecular complexity index is 172. The summed E-state index contributed by atoms with van der Waals surface area (Å²) in [5.41, 5.74) is 10.3. The van der Waals surface area contributed by atoms with Crippen LogP contribution in [0.2, 0.25) is 0 Å². The van der Waals surface area contributed by atoms with Crippen LogP contribution in [0.3, 0.4) is 0 Å². The number of amidine groups is 1. The maximum atomic E-state index is 10.4. The van der Waals surface area contributed by atoms with Gasteiger partial charge in [0.1, 0.15) is 0 Å². The molecule has 0 rings (SSSR count). The number of nitrogens with two attached hydrogens (primary N) is 2. The van der Waals surface area contributed by atoms with Gasteiger partial charge in [-0.2, -0.15) is 0 Å². The normalized spacial score (nSPS) is 10.1. The third kappa shape index (κ3) is 12.9. The van der Waals surface area contributed by atoms with Crippen LogP contribution in [0.5, 0.6) is 0 Å². The monoisotopic (exact) mass is 213 g/mol. The molecule has 0 heterocycles. The number of hydrogen-bond donors (Lipinski definition) is 3. The Kier molecular flexibility index (Phi) is 8.82. The minimum Gasteiger partial charge on any atom is -0.388 e. The van der Waals surface area contributed by atoms with Gasteiger partial charge in [0.2, 0.25) is 5.91 Å². The molecule has 0 unspecified atom stereocenters. The average molecular weight is 213 g/mol. The number of amides is 1. The lowest BCUT2D eigenvalue weighted by Gasteiger charge is -2.01. The third-order valence-electron chi connectivity index (χ3n) is 2.37. The van der Waals surface area contributed by atoms with Crippen molar-refractivity contribution < 1.29 is 4.79 Å². The van der Waals surface area contributed by atoms with E-state index in [0.29, 0.717) is 6.42 Å². The van der Waals surface area contributed by atoms with Gasteiger partial charge in [-0.1, -0.05) is 32.1 Å². The molecule has 0 aromatic rings. The van der Waals surface area contributed by atoms with Crippen LogP contribution >= 0.6 is 0 Å². The molecule has 0 aliphatic heterocycles. The second-order valence-corrected chi connectivity index (χ2v) is 3.97. The summed E-state index contributed by atoms with van der Waals surface area (Å²) in [5, 5.41) is 7.04. The van der Waals surface area contributed by atoms with Gasteiger partial charge >= 0.3 is 0 Å². The Morgan fingerprint density at radius 2 is 1.20 bits per heavy atom. The van der Waals surface area contributed by atoms with E-state index in [1.807, 2.05) is 0 Å². The molecule has 0 aromatic carbocycles. The first-order valence-corrected chi connectivity index (χ1v) is 5.74. The molecule has 0 aromatic heterocycles. The Balaban J connectivity index is 2.99. The molecule has 5 N–H and O–H groups in total. The number of primary amides is 1. The first-order valence-electron chi connectivity index (χ1n) is 5.74. The lowest BCUT2D eigenvalue weighted by molar-refractivity contribution is -0.118. The third-order valence-corrected chi connectivity index (χ3v) is 2.37. The first-order chi connectivity index (χ1) is 7.13. The maximum absolute atomic E-state index is 10.4. The number of rotatable bonds is 10. The SMILES string of the molecule is N=C(N)CCCCCCCCCC(N)=O. The van der Waals surface area contributed by atoms with Crippen LogP contribution in [0.15, 0.2) is 0 Å². The molecule has 4 heteroatoms. The van der Waals surface area contributed by atoms with Crippen molar-refractivity contribution in [2.24, 2.45) is 11.5 Å². The fourth-order valence-electron chi connectivity index (χ4n) is 1.50. The van der Waals surface area contributed by atoms with Gasteiger partial charge in [0, 0.05) is 12.8 Å². The molecule has 0 bridgehead atoms. The molecule has 1 amide bonds. The van der Waals surface area contributed by atoms with Gasteiger partial charge in [-0.25, -0.2) is 0 Å². The Labute approximate surface area is 91.9 Å². The number of carbonyl (C=O) groups is 1. The zero-order valence-corrected chi connectivity index (χ0v) is 9.43. The van der Waals surface area contributed by atoms with Crippen molar-refractivity contribution in [2.45, 2.75) is 57.8 Å². The largest absolute Gasteiger partial charge is 0.388 e. The minimum atomic E-state index is -0.198. The van der Waals surface area contributed by atoms with Crippen LogP contribution in [-0.2, 0) is 4.79 Å². The highest BCUT2D eigenvalue weighted by atomic mass is 16.1. The number of nitrogens with one attached hydrogen (secondary N) is 1. The second kappa shape index (κ2) is 9.49. The van der Waals surface area contributed by atoms with Crippen molar-refractivity contribution in [3.63, 3.8) is 0 Å². The summed E-state index contributed by atoms with van der Waals surface area (Å²) in [6, 6.07) is 0. The standard InChI is InChI=1S/C11H23N3O/c12-10(13)8-6-4-2-1-3-5-7-9-11(14)15/h1-9H2,(H3,12,13)(H2,14,15). The van der Waals surface area contributed by atoms with Gasteiger partial charge in [0.25, 0.3) is 0 Å². The fraction of sp³-hybridized carbons (Fsp3) is 0.818. The van der Waals surface area contributed by atoms with Gasteiger partial charge in [0.15, 0.2) is 0 Å². The van der Waals surface area contributed by atoms with Gasteiger partial charge in [-0.05, 0) is 12.8 Å². The molecule has 0 atom stereocenters. The Morgan fingerprint density at radius 1 is 0.800 bits per heavy atom. The van der Waals surface area contributed by atoms with E-state index < -0.39 is 0 Å². The number of carbonyl (C=O) groups excluding carboxylic acids is 1. The highest BCUT2D eigenvalue weighted by molar-refractivity contribution is 5.76. The first kappa shape index (κ1) is 13.9. The van der Waals surface area contributed by atoms with E-state index in [1.54, 1.807) is 0 Å². The maximum Gasteiger partial charge on any atom is 0.217 e. The number of hydrogen-bond acceptors (Lipinski definition) is 2. The van der Waals surface area contributed by atoms with Crippen molar-refractivity contribution in [3.05, 3.63) is 0 Å². The zero-order valence-electron chi connectivity index (χ0n) is 9.43. The zero-order chi connectivity index (χ0) is 11.5. The van der Waals surface area contributed by atoms with Crippen molar-refractivity contribution >= 4 is 11.7 Å². The summed E-state index contributed by atoms with van der Waals surface area (Å²) in [5.74, 6) is 0.0907. The van der Waals surface area contributed by atoms with Gasteiger partial charge in [-0.15, -0.1) is 0 Å². The average Bonchev–Trinajstić information content (AvgIpc) is 2.14. The summed E-state index contributed by atoms with van der Waals surface area (Å²) in [4.78, 5) is 10.4. The van der Waals surface area contributed by atoms with Crippen molar-refractivity contribution in [1.29, 1.82) is 5.41 Å². The summed E-state index contributed by atoms with van der Waals surface area (Å²) < 4.78 is 0. The molecule has 88 valence electrons. The molecule has 0 aliphatic rings. The summed E-state index contributed by atoms with van der Waals surface area (Å²) in [7, 11) is 0. The molecular weight excluding hydrogens is 190 g/mol. The van der Waals surface area contributed by atoms with Crippen molar-refractivity contribution in [3.8, 4) is 0 Å². The second-order valence-electron chi connectivity index (χ2n) is 3.97. The van der Waals surface area contributed by atoms with E-state index in [9.17, 15) is 4.79 Å². The predicted molar refractivity (Wildman–Crippen MR) is 62.7 cm³/mol. The highest BCUT2D eigenvalue weighted by Gasteiger charge is 1.95. The van der Waals surface area contributed by atoms with E-state index in [0.717, 1.165) is 32.1 Å². The topological polar surface area (TPSA) is 93.0 Å². The molecule has 0 saturated heterocycles. The van der Waals surface area contributed by atoms with E-state index in [4.69, 9.17) is 16.9 Å². The molecule has 0 radical (unpaired) electrons. The van der Waals surface area contributed by atoms with Crippen LogP contribution in [0, 0.1) is 5.41 Å². The van der Waals surface area contributed by atoms with Gasteiger partial charge in [-0.3, -0.25) is 10.2 Å². The lowest BCUT2D eigenvalue weighted by atomic mass is 10.1. The molecule has 0 aliphatic carbocycles. The minimum absolute atomic E-state index is 0.198. The molecule has 0 spiro atoms. The lowest BCUT2D eigenvalue weighted by Crippen LogP contribution is -2.09. The Hall–Kier alpha value is -1.06. The van der Waals surface area contributed by atoms with E-state index in [1.165, 1.54) is 19.3 Å². The van der Waals surface area contributed by atoms with Crippen LogP contribution < -0.4 is 11.5 Å². The quantitative estimate of drug-likeness (QED) is 0.294. The van der Waals surface area contributed by atoms with Crippen LogP contribution in [-0.4, -0.2) is 11.7 Å². The summed E-state index contributed by atoms with van der Waals surface area (Å²) in [6.07, 6.45) is 9.00. The summed E-state index contributed by atoms with van der Waals surface area (Å²) in [6.45, 7) is 0. The van der Waals surface area contributed by atoms with Crippen LogP contribution in [0.4, 0.5) is 0 Å². The van der Waals surface area contributed by atoms with Gasteiger partial charge < -0.3 is 11.5 Å². The van der Waals surface area contributed by atoms with Crippen molar-refractivity contribution in [2.75, 3.05) is 0 Å². The van der Waals surface area contributed by atoms with E-state index in [-0.39, 0.29) is 11.7 Å². The van der Waals surface area contributed by atoms with E-state index in [2.05, 4.69) is 0 Å². The number of unbranched alkanes of at least 4 members (excludes halogenated alkanes) is 6. The summed E-state index contributed by atoms with van der Waals surface area (Å²) >= 11 is 0. The molecule has 0 fully saturated rings. The molecular formula is C11H23N3O. The molecule has 4 nitrogen and oxygen atoms in total. The highest BCUT2D eigenvalue weighted by Crippen LogP contribution is 2.09. The van der Waals surface area contributed by atoms with Crippen LogP contribution in [0.25, 0.3) is 0 Å². The molecule has 0 saturated carbocycles. The van der Waals surface area contributed by atoms with Gasteiger partial charge in [0.05, 0.1) is 5.84 Å². The smallest absolute Gasteiger partial charge is 0.217 e. The van der Waals surface area contributed by atoms with Crippen molar-refractivity contribution in [1.82, 2.24) is 0 Å². The van der Waals surface area contributed by atoms with E-state index >= 15 is 0 Å². The molecule has 15 heavy (non-hydrogen) atoms. The predicted octanol–water partition coefficient (Wildman–Crippen LogP) is 1.92. The fourth-order valence-corrected chi connectivity index (χ4v) is 1.50. The Morgan fingerprint density at radius 3 is 1.60 bits per heavy atom. The van der Waals surface area contributed by atoms with Crippen LogP contribution in [0.1, 0.15) is 57.8 Å².